The molecule has 0 aromatic heterocycles. The third-order valence-corrected chi connectivity index (χ3v) is 4.57. The molecule has 0 aliphatic carbocycles. The summed E-state index contributed by atoms with van der Waals surface area (Å²) in [7, 11) is 0. The molecule has 1 amide bonds. The number of carbonyl (C=O) groups is 1. The first-order valence-corrected chi connectivity index (χ1v) is 8.43. The van der Waals surface area contributed by atoms with Crippen LogP contribution in [0.3, 0.4) is 0 Å². The average Bonchev–Trinajstić information content (AvgIpc) is 3.19. The molecule has 5 nitrogen and oxygen atoms in total. The lowest BCUT2D eigenvalue weighted by Gasteiger charge is -2.22. The van der Waals surface area contributed by atoms with Crippen molar-refractivity contribution in [2.45, 2.75) is 44.4 Å². The standard InChI is InChI=1S/C17H23F2N3O2/c18-17(19)24-15-6-2-1-5-14(15)22-9-7-13(11-22)21-16(23)10-12-4-3-8-20-12/h1-2,5-6,12-13,17,20H,3-4,7-11H2,(H,21,23). The predicted molar refractivity (Wildman–Crippen MR) is 87.5 cm³/mol. The lowest BCUT2D eigenvalue weighted by Crippen LogP contribution is -2.39. The van der Waals surface area contributed by atoms with Crippen LogP contribution in [-0.4, -0.2) is 44.2 Å². The summed E-state index contributed by atoms with van der Waals surface area (Å²) in [5.41, 5.74) is 0.645. The van der Waals surface area contributed by atoms with E-state index in [0.29, 0.717) is 25.2 Å². The fourth-order valence-corrected chi connectivity index (χ4v) is 3.45. The summed E-state index contributed by atoms with van der Waals surface area (Å²) in [6.45, 7) is -0.553. The quantitative estimate of drug-likeness (QED) is 0.834. The zero-order valence-corrected chi connectivity index (χ0v) is 13.5. The lowest BCUT2D eigenvalue weighted by atomic mass is 10.1. The maximum absolute atomic E-state index is 12.5. The van der Waals surface area contributed by atoms with Crippen LogP contribution in [0.25, 0.3) is 0 Å². The molecule has 0 spiro atoms. The third-order valence-electron chi connectivity index (χ3n) is 4.57. The minimum atomic E-state index is -2.84. The van der Waals surface area contributed by atoms with E-state index in [-0.39, 0.29) is 23.7 Å². The van der Waals surface area contributed by atoms with Crippen LogP contribution in [0.1, 0.15) is 25.7 Å². The monoisotopic (exact) mass is 339 g/mol. The molecule has 3 rings (SSSR count). The van der Waals surface area contributed by atoms with Crippen molar-refractivity contribution < 1.29 is 18.3 Å². The molecule has 2 aliphatic rings. The number of amides is 1. The van der Waals surface area contributed by atoms with Gasteiger partial charge in [-0.1, -0.05) is 12.1 Å². The molecule has 7 heteroatoms. The van der Waals surface area contributed by atoms with Crippen LogP contribution in [0, 0.1) is 0 Å². The minimum absolute atomic E-state index is 0.0403. The maximum atomic E-state index is 12.5. The number of hydrogen-bond donors (Lipinski definition) is 2. The molecule has 2 fully saturated rings. The fraction of sp³-hybridized carbons (Fsp3) is 0.588. The second-order valence-corrected chi connectivity index (χ2v) is 6.34. The Hall–Kier alpha value is -1.89. The maximum Gasteiger partial charge on any atom is 0.387 e. The van der Waals surface area contributed by atoms with Gasteiger partial charge in [-0.3, -0.25) is 4.79 Å². The largest absolute Gasteiger partial charge is 0.433 e. The molecule has 1 aromatic carbocycles. The highest BCUT2D eigenvalue weighted by Crippen LogP contribution is 2.31. The SMILES string of the molecule is O=C(CC1CCCN1)NC1CCN(c2ccccc2OC(F)F)C1. The van der Waals surface area contributed by atoms with Gasteiger partial charge in [-0.05, 0) is 37.9 Å². The van der Waals surface area contributed by atoms with Crippen molar-refractivity contribution >= 4 is 11.6 Å². The van der Waals surface area contributed by atoms with Gasteiger partial charge < -0.3 is 20.3 Å². The molecule has 24 heavy (non-hydrogen) atoms. The van der Waals surface area contributed by atoms with E-state index in [1.807, 2.05) is 4.90 Å². The van der Waals surface area contributed by atoms with Gasteiger partial charge in [-0.2, -0.15) is 8.78 Å². The Bertz CT molecular complexity index is 565. The van der Waals surface area contributed by atoms with E-state index < -0.39 is 6.61 Å². The van der Waals surface area contributed by atoms with Crippen LogP contribution in [0.4, 0.5) is 14.5 Å². The van der Waals surface area contributed by atoms with Crippen molar-refractivity contribution in [1.29, 1.82) is 0 Å². The van der Waals surface area contributed by atoms with E-state index in [9.17, 15) is 13.6 Å². The van der Waals surface area contributed by atoms with Crippen molar-refractivity contribution in [3.8, 4) is 5.75 Å². The number of nitrogens with zero attached hydrogens (tertiary/aromatic N) is 1. The number of rotatable bonds is 6. The molecule has 0 saturated carbocycles. The third kappa shape index (κ3) is 4.35. The Morgan fingerprint density at radius 1 is 1.38 bits per heavy atom. The zero-order valence-electron chi connectivity index (χ0n) is 13.5. The van der Waals surface area contributed by atoms with Gasteiger partial charge in [0.15, 0.2) is 0 Å². The Morgan fingerprint density at radius 2 is 2.21 bits per heavy atom. The first-order valence-electron chi connectivity index (χ1n) is 8.43. The summed E-state index contributed by atoms with van der Waals surface area (Å²) >= 11 is 0. The van der Waals surface area contributed by atoms with Gasteiger partial charge in [-0.15, -0.1) is 0 Å². The number of anilines is 1. The van der Waals surface area contributed by atoms with Gasteiger partial charge in [0.1, 0.15) is 5.75 Å². The molecule has 0 radical (unpaired) electrons. The van der Waals surface area contributed by atoms with E-state index in [0.717, 1.165) is 25.8 Å². The average molecular weight is 339 g/mol. The zero-order chi connectivity index (χ0) is 16.9. The second kappa shape index (κ2) is 7.79. The number of para-hydroxylation sites is 2. The number of carbonyl (C=O) groups excluding carboxylic acids is 1. The van der Waals surface area contributed by atoms with Crippen molar-refractivity contribution in [3.05, 3.63) is 24.3 Å². The van der Waals surface area contributed by atoms with E-state index in [1.165, 1.54) is 0 Å². The van der Waals surface area contributed by atoms with Crippen molar-refractivity contribution in [2.75, 3.05) is 24.5 Å². The number of halogens is 2. The Morgan fingerprint density at radius 3 is 2.96 bits per heavy atom. The summed E-state index contributed by atoms with van der Waals surface area (Å²) in [6, 6.07) is 7.10. The number of ether oxygens (including phenoxy) is 1. The minimum Gasteiger partial charge on any atom is -0.433 e. The highest BCUT2D eigenvalue weighted by molar-refractivity contribution is 5.77. The van der Waals surface area contributed by atoms with Crippen LogP contribution in [0.2, 0.25) is 0 Å². The summed E-state index contributed by atoms with van der Waals surface area (Å²) in [5.74, 6) is 0.230. The molecule has 2 saturated heterocycles. The highest BCUT2D eigenvalue weighted by atomic mass is 19.3. The molecule has 2 unspecified atom stereocenters. The molecule has 2 atom stereocenters. The predicted octanol–water partition coefficient (Wildman–Crippen LogP) is 2.12. The molecule has 2 heterocycles. The number of hydrogen-bond acceptors (Lipinski definition) is 4. The normalized spacial score (nSPS) is 23.7. The van der Waals surface area contributed by atoms with Gasteiger partial charge in [0.25, 0.3) is 0 Å². The smallest absolute Gasteiger partial charge is 0.387 e. The van der Waals surface area contributed by atoms with E-state index in [1.54, 1.807) is 24.3 Å². The summed E-state index contributed by atoms with van der Waals surface area (Å²) in [6.07, 6.45) is 3.47. The van der Waals surface area contributed by atoms with Gasteiger partial charge in [0.05, 0.1) is 5.69 Å². The van der Waals surface area contributed by atoms with Crippen LogP contribution >= 0.6 is 0 Å². The summed E-state index contributed by atoms with van der Waals surface area (Å²) in [4.78, 5) is 14.1. The van der Waals surface area contributed by atoms with Crippen molar-refractivity contribution in [1.82, 2.24) is 10.6 Å². The topological polar surface area (TPSA) is 53.6 Å². The van der Waals surface area contributed by atoms with E-state index >= 15 is 0 Å². The number of nitrogens with one attached hydrogen (secondary N) is 2. The number of alkyl halides is 2. The molecule has 132 valence electrons. The van der Waals surface area contributed by atoms with Crippen LogP contribution in [0.15, 0.2) is 24.3 Å². The molecule has 0 bridgehead atoms. The fourth-order valence-electron chi connectivity index (χ4n) is 3.45. The summed E-state index contributed by atoms with van der Waals surface area (Å²) in [5, 5.41) is 6.37. The Kier molecular flexibility index (Phi) is 5.50. The van der Waals surface area contributed by atoms with Gasteiger partial charge >= 0.3 is 6.61 Å². The van der Waals surface area contributed by atoms with Crippen LogP contribution in [0.5, 0.6) is 5.75 Å². The van der Waals surface area contributed by atoms with Crippen molar-refractivity contribution in [3.63, 3.8) is 0 Å². The van der Waals surface area contributed by atoms with Gasteiger partial charge in [0, 0.05) is 31.6 Å². The first kappa shape index (κ1) is 17.0. The van der Waals surface area contributed by atoms with Crippen LogP contribution in [-0.2, 0) is 4.79 Å². The lowest BCUT2D eigenvalue weighted by molar-refractivity contribution is -0.122. The molecular weight excluding hydrogens is 316 g/mol. The molecule has 2 aliphatic heterocycles. The van der Waals surface area contributed by atoms with E-state index in [4.69, 9.17) is 0 Å². The first-order chi connectivity index (χ1) is 11.6. The molecular formula is C17H23F2N3O2. The van der Waals surface area contributed by atoms with Crippen LogP contribution < -0.4 is 20.3 Å². The Balaban J connectivity index is 1.54. The van der Waals surface area contributed by atoms with Crippen molar-refractivity contribution in [2.24, 2.45) is 0 Å². The Labute approximate surface area is 140 Å². The van der Waals surface area contributed by atoms with E-state index in [2.05, 4.69) is 15.4 Å². The molecule has 1 aromatic rings. The molecule has 2 N–H and O–H groups in total. The highest BCUT2D eigenvalue weighted by Gasteiger charge is 2.27. The number of benzene rings is 1. The van der Waals surface area contributed by atoms with Gasteiger partial charge in [-0.25, -0.2) is 0 Å². The van der Waals surface area contributed by atoms with Gasteiger partial charge in [0.2, 0.25) is 5.91 Å². The second-order valence-electron chi connectivity index (χ2n) is 6.34. The summed E-state index contributed by atoms with van der Waals surface area (Å²) < 4.78 is 29.6.